The zero-order valence-electron chi connectivity index (χ0n) is 12.2. The molecule has 0 amide bonds. The molecule has 0 saturated heterocycles. The van der Waals surface area contributed by atoms with Crippen molar-refractivity contribution in [3.05, 3.63) is 35.6 Å². The predicted octanol–water partition coefficient (Wildman–Crippen LogP) is 4.17. The molecule has 1 nitrogen and oxygen atoms in total. The first kappa shape index (κ1) is 14.5. The highest BCUT2D eigenvalue weighted by Gasteiger charge is 2.30. The standard InChI is InChI=1S/C17H26FN/c1-3-10-19-17(16-9-4-6-13(16)2)12-14-7-5-8-15(18)11-14/h5,7-8,11,13,16-17,19H,3-4,6,9-10,12H2,1-2H3. The van der Waals surface area contributed by atoms with Crippen LogP contribution in [-0.4, -0.2) is 12.6 Å². The molecule has 1 aromatic rings. The van der Waals surface area contributed by atoms with Crippen molar-refractivity contribution in [2.45, 2.75) is 52.0 Å². The number of nitrogens with one attached hydrogen (secondary N) is 1. The fourth-order valence-electron chi connectivity index (χ4n) is 3.39. The van der Waals surface area contributed by atoms with Gasteiger partial charge in [-0.1, -0.05) is 38.8 Å². The van der Waals surface area contributed by atoms with E-state index in [1.807, 2.05) is 12.1 Å². The van der Waals surface area contributed by atoms with E-state index in [0.717, 1.165) is 36.8 Å². The van der Waals surface area contributed by atoms with Gasteiger partial charge in [-0.2, -0.15) is 0 Å². The molecule has 1 aromatic carbocycles. The van der Waals surface area contributed by atoms with E-state index >= 15 is 0 Å². The fraction of sp³-hybridized carbons (Fsp3) is 0.647. The van der Waals surface area contributed by atoms with Crippen molar-refractivity contribution in [2.24, 2.45) is 11.8 Å². The number of rotatable bonds is 6. The van der Waals surface area contributed by atoms with Crippen molar-refractivity contribution in [1.29, 1.82) is 0 Å². The van der Waals surface area contributed by atoms with Gasteiger partial charge in [-0.15, -0.1) is 0 Å². The van der Waals surface area contributed by atoms with Gasteiger partial charge in [-0.25, -0.2) is 4.39 Å². The zero-order valence-corrected chi connectivity index (χ0v) is 12.2. The Morgan fingerprint density at radius 3 is 2.84 bits per heavy atom. The number of benzene rings is 1. The van der Waals surface area contributed by atoms with Crippen LogP contribution >= 0.6 is 0 Å². The Kier molecular flexibility index (Phi) is 5.38. The summed E-state index contributed by atoms with van der Waals surface area (Å²) in [5.41, 5.74) is 1.12. The molecule has 1 aliphatic carbocycles. The second-order valence-electron chi connectivity index (χ2n) is 5.97. The molecule has 0 heterocycles. The minimum atomic E-state index is -0.119. The quantitative estimate of drug-likeness (QED) is 0.812. The van der Waals surface area contributed by atoms with E-state index < -0.39 is 0 Å². The molecule has 19 heavy (non-hydrogen) atoms. The van der Waals surface area contributed by atoms with E-state index in [2.05, 4.69) is 19.2 Å². The van der Waals surface area contributed by atoms with E-state index in [0.29, 0.717) is 6.04 Å². The summed E-state index contributed by atoms with van der Waals surface area (Å²) in [5.74, 6) is 1.42. The monoisotopic (exact) mass is 263 g/mol. The van der Waals surface area contributed by atoms with Crippen molar-refractivity contribution >= 4 is 0 Å². The van der Waals surface area contributed by atoms with E-state index in [1.165, 1.54) is 25.3 Å². The first-order valence-corrected chi connectivity index (χ1v) is 7.68. The summed E-state index contributed by atoms with van der Waals surface area (Å²) in [6.07, 6.45) is 6.11. The van der Waals surface area contributed by atoms with Gasteiger partial charge in [-0.3, -0.25) is 0 Å². The molecule has 3 unspecified atom stereocenters. The lowest BCUT2D eigenvalue weighted by molar-refractivity contribution is 0.295. The smallest absolute Gasteiger partial charge is 0.123 e. The van der Waals surface area contributed by atoms with Crippen LogP contribution in [0.3, 0.4) is 0 Å². The van der Waals surface area contributed by atoms with E-state index in [1.54, 1.807) is 6.07 Å². The number of hydrogen-bond acceptors (Lipinski definition) is 1. The first-order chi connectivity index (χ1) is 9.20. The molecular formula is C17H26FN. The van der Waals surface area contributed by atoms with Crippen LogP contribution in [0.2, 0.25) is 0 Å². The van der Waals surface area contributed by atoms with Crippen molar-refractivity contribution < 1.29 is 4.39 Å². The second kappa shape index (κ2) is 7.04. The van der Waals surface area contributed by atoms with E-state index in [4.69, 9.17) is 0 Å². The SMILES string of the molecule is CCCNC(Cc1cccc(F)c1)C1CCCC1C. The molecule has 1 aliphatic rings. The second-order valence-corrected chi connectivity index (χ2v) is 5.97. The van der Waals surface area contributed by atoms with Crippen molar-refractivity contribution in [3.8, 4) is 0 Å². The van der Waals surface area contributed by atoms with Crippen LogP contribution < -0.4 is 5.32 Å². The molecule has 3 atom stereocenters. The molecule has 0 aliphatic heterocycles. The highest BCUT2D eigenvalue weighted by Crippen LogP contribution is 2.34. The Hall–Kier alpha value is -0.890. The lowest BCUT2D eigenvalue weighted by Crippen LogP contribution is -2.39. The maximum absolute atomic E-state index is 13.3. The number of halogens is 1. The van der Waals surface area contributed by atoms with Crippen LogP contribution in [0.5, 0.6) is 0 Å². The van der Waals surface area contributed by atoms with Crippen molar-refractivity contribution in [2.75, 3.05) is 6.54 Å². The Labute approximate surface area is 116 Å². The Morgan fingerprint density at radius 2 is 2.21 bits per heavy atom. The molecule has 1 N–H and O–H groups in total. The van der Waals surface area contributed by atoms with Gasteiger partial charge in [0.1, 0.15) is 5.82 Å². The van der Waals surface area contributed by atoms with Crippen molar-refractivity contribution in [1.82, 2.24) is 5.32 Å². The predicted molar refractivity (Wildman–Crippen MR) is 78.7 cm³/mol. The Morgan fingerprint density at radius 1 is 1.37 bits per heavy atom. The maximum Gasteiger partial charge on any atom is 0.123 e. The number of hydrogen-bond donors (Lipinski definition) is 1. The summed E-state index contributed by atoms with van der Waals surface area (Å²) in [5, 5.41) is 3.69. The average Bonchev–Trinajstić information content (AvgIpc) is 2.81. The molecule has 2 rings (SSSR count). The summed E-state index contributed by atoms with van der Waals surface area (Å²) < 4.78 is 13.3. The Bertz CT molecular complexity index is 391. The lowest BCUT2D eigenvalue weighted by atomic mass is 9.86. The van der Waals surface area contributed by atoms with Crippen molar-refractivity contribution in [3.63, 3.8) is 0 Å². The maximum atomic E-state index is 13.3. The summed E-state index contributed by atoms with van der Waals surface area (Å²) in [7, 11) is 0. The molecule has 1 fully saturated rings. The van der Waals surface area contributed by atoms with Gasteiger partial charge < -0.3 is 5.32 Å². The fourth-order valence-corrected chi connectivity index (χ4v) is 3.39. The molecule has 2 heteroatoms. The molecule has 0 bridgehead atoms. The third kappa shape index (κ3) is 4.04. The van der Waals surface area contributed by atoms with Crippen LogP contribution in [0, 0.1) is 17.7 Å². The molecular weight excluding hydrogens is 237 g/mol. The van der Waals surface area contributed by atoms with Crippen LogP contribution in [-0.2, 0) is 6.42 Å². The molecule has 106 valence electrons. The minimum Gasteiger partial charge on any atom is -0.313 e. The van der Waals surface area contributed by atoms with Crippen LogP contribution in [0.15, 0.2) is 24.3 Å². The topological polar surface area (TPSA) is 12.0 Å². The van der Waals surface area contributed by atoms with Crippen LogP contribution in [0.4, 0.5) is 4.39 Å². The van der Waals surface area contributed by atoms with E-state index in [9.17, 15) is 4.39 Å². The van der Waals surface area contributed by atoms with Gasteiger partial charge in [0, 0.05) is 6.04 Å². The van der Waals surface area contributed by atoms with Gasteiger partial charge in [0.05, 0.1) is 0 Å². The molecule has 0 radical (unpaired) electrons. The van der Waals surface area contributed by atoms with Gasteiger partial charge >= 0.3 is 0 Å². The third-order valence-corrected chi connectivity index (χ3v) is 4.45. The third-order valence-electron chi connectivity index (χ3n) is 4.45. The van der Waals surface area contributed by atoms with E-state index in [-0.39, 0.29) is 5.82 Å². The average molecular weight is 263 g/mol. The summed E-state index contributed by atoms with van der Waals surface area (Å²) in [6, 6.07) is 7.57. The molecule has 1 saturated carbocycles. The van der Waals surface area contributed by atoms with Gasteiger partial charge in [-0.05, 0) is 55.3 Å². The summed E-state index contributed by atoms with van der Waals surface area (Å²) in [4.78, 5) is 0. The Balaban J connectivity index is 2.04. The summed E-state index contributed by atoms with van der Waals surface area (Å²) >= 11 is 0. The minimum absolute atomic E-state index is 0.119. The first-order valence-electron chi connectivity index (χ1n) is 7.68. The molecule has 0 spiro atoms. The summed E-state index contributed by atoms with van der Waals surface area (Å²) in [6.45, 7) is 5.62. The highest BCUT2D eigenvalue weighted by molar-refractivity contribution is 5.18. The highest BCUT2D eigenvalue weighted by atomic mass is 19.1. The lowest BCUT2D eigenvalue weighted by Gasteiger charge is -2.28. The zero-order chi connectivity index (χ0) is 13.7. The van der Waals surface area contributed by atoms with Gasteiger partial charge in [0.25, 0.3) is 0 Å². The van der Waals surface area contributed by atoms with Crippen LogP contribution in [0.25, 0.3) is 0 Å². The largest absolute Gasteiger partial charge is 0.313 e. The van der Waals surface area contributed by atoms with Gasteiger partial charge in [0.2, 0.25) is 0 Å². The molecule has 0 aromatic heterocycles. The van der Waals surface area contributed by atoms with Gasteiger partial charge in [0.15, 0.2) is 0 Å². The normalized spacial score (nSPS) is 24.6. The van der Waals surface area contributed by atoms with Crippen LogP contribution in [0.1, 0.15) is 45.1 Å².